The molecule has 0 heterocycles. The van der Waals surface area contributed by atoms with E-state index in [1.807, 2.05) is 44.2 Å². The minimum Gasteiger partial charge on any atom is -0.370 e. The molecule has 0 unspecified atom stereocenters. The van der Waals surface area contributed by atoms with Crippen LogP contribution >= 0.6 is 0 Å². The number of rotatable bonds is 9. The molecule has 1 rings (SSSR count). The molecule has 122 valence electrons. The molecule has 6 N–H and O–H groups in total. The molecular formula is C16H27N5O. The zero-order chi connectivity index (χ0) is 16.4. The van der Waals surface area contributed by atoms with Crippen molar-refractivity contribution in [1.82, 2.24) is 16.0 Å². The summed E-state index contributed by atoms with van der Waals surface area (Å²) in [5, 5.41) is 16.1. The van der Waals surface area contributed by atoms with Gasteiger partial charge < -0.3 is 21.7 Å². The number of guanidine groups is 1. The van der Waals surface area contributed by atoms with E-state index >= 15 is 0 Å². The lowest BCUT2D eigenvalue weighted by atomic mass is 10.1. The molecule has 0 aliphatic carbocycles. The fourth-order valence-electron chi connectivity index (χ4n) is 2.13. The summed E-state index contributed by atoms with van der Waals surface area (Å²) in [4.78, 5) is 12.3. The summed E-state index contributed by atoms with van der Waals surface area (Å²) < 4.78 is 0. The highest BCUT2D eigenvalue weighted by molar-refractivity contribution is 5.81. The number of nitrogens with two attached hydrogens (primary N) is 1. The molecule has 22 heavy (non-hydrogen) atoms. The molecule has 0 aliphatic rings. The Hall–Kier alpha value is -2.08. The van der Waals surface area contributed by atoms with Gasteiger partial charge in [-0.2, -0.15) is 0 Å². The van der Waals surface area contributed by atoms with E-state index in [9.17, 15) is 4.79 Å². The largest absolute Gasteiger partial charge is 0.370 e. The average Bonchev–Trinajstić information content (AvgIpc) is 2.48. The molecular weight excluding hydrogens is 278 g/mol. The Bertz CT molecular complexity index is 461. The van der Waals surface area contributed by atoms with E-state index in [0.717, 1.165) is 12.0 Å². The predicted octanol–water partition coefficient (Wildman–Crippen LogP) is 0.933. The third-order valence-electron chi connectivity index (χ3n) is 3.15. The number of amides is 1. The van der Waals surface area contributed by atoms with Gasteiger partial charge in [0.15, 0.2) is 5.96 Å². The monoisotopic (exact) mass is 305 g/mol. The van der Waals surface area contributed by atoms with Crippen molar-refractivity contribution in [1.29, 1.82) is 5.41 Å². The van der Waals surface area contributed by atoms with Crippen molar-refractivity contribution < 1.29 is 4.79 Å². The van der Waals surface area contributed by atoms with E-state index in [2.05, 4.69) is 16.0 Å². The second-order valence-corrected chi connectivity index (χ2v) is 5.56. The van der Waals surface area contributed by atoms with Crippen LogP contribution in [0.3, 0.4) is 0 Å². The maximum absolute atomic E-state index is 12.3. The Morgan fingerprint density at radius 1 is 1.23 bits per heavy atom. The van der Waals surface area contributed by atoms with Gasteiger partial charge in [-0.3, -0.25) is 10.2 Å². The molecule has 0 spiro atoms. The van der Waals surface area contributed by atoms with Gasteiger partial charge in [-0.15, -0.1) is 0 Å². The summed E-state index contributed by atoms with van der Waals surface area (Å²) in [5.74, 6) is -0.0396. The van der Waals surface area contributed by atoms with Crippen LogP contribution in [0.5, 0.6) is 0 Å². The van der Waals surface area contributed by atoms with Crippen molar-refractivity contribution in [3.63, 3.8) is 0 Å². The lowest BCUT2D eigenvalue weighted by Crippen LogP contribution is -2.47. The van der Waals surface area contributed by atoms with E-state index in [1.54, 1.807) is 0 Å². The topological polar surface area (TPSA) is 103 Å². The van der Waals surface area contributed by atoms with Crippen LogP contribution in [0.25, 0.3) is 0 Å². The molecule has 0 fully saturated rings. The predicted molar refractivity (Wildman–Crippen MR) is 89.5 cm³/mol. The zero-order valence-electron chi connectivity index (χ0n) is 13.4. The molecule has 1 amide bonds. The van der Waals surface area contributed by atoms with Crippen LogP contribution in [-0.4, -0.2) is 30.5 Å². The fraction of sp³-hybridized carbons (Fsp3) is 0.500. The first kappa shape index (κ1) is 18.0. The van der Waals surface area contributed by atoms with Crippen molar-refractivity contribution >= 4 is 11.9 Å². The zero-order valence-corrected chi connectivity index (χ0v) is 13.4. The van der Waals surface area contributed by atoms with Crippen LogP contribution in [0.15, 0.2) is 30.3 Å². The molecule has 6 heteroatoms. The number of benzene rings is 1. The van der Waals surface area contributed by atoms with Crippen LogP contribution in [0.4, 0.5) is 0 Å². The summed E-state index contributed by atoms with van der Waals surface area (Å²) in [6.07, 6.45) is 1.46. The number of carbonyl (C=O) groups is 1. The lowest BCUT2D eigenvalue weighted by Gasteiger charge is -2.21. The van der Waals surface area contributed by atoms with Crippen molar-refractivity contribution in [3.05, 3.63) is 35.9 Å². The van der Waals surface area contributed by atoms with Crippen LogP contribution in [0, 0.1) is 5.41 Å². The third-order valence-corrected chi connectivity index (χ3v) is 3.15. The number of nitrogens with one attached hydrogen (secondary N) is 4. The maximum Gasteiger partial charge on any atom is 0.237 e. The summed E-state index contributed by atoms with van der Waals surface area (Å²) in [7, 11) is 0. The van der Waals surface area contributed by atoms with Crippen LogP contribution in [-0.2, 0) is 11.3 Å². The Balaban J connectivity index is 2.43. The summed E-state index contributed by atoms with van der Waals surface area (Å²) in [6, 6.07) is 9.84. The fourth-order valence-corrected chi connectivity index (χ4v) is 2.13. The van der Waals surface area contributed by atoms with Gasteiger partial charge in [0, 0.05) is 19.1 Å². The minimum absolute atomic E-state index is 0.000350. The summed E-state index contributed by atoms with van der Waals surface area (Å²) in [6.45, 7) is 5.16. The third kappa shape index (κ3) is 7.64. The lowest BCUT2D eigenvalue weighted by molar-refractivity contribution is -0.123. The molecule has 0 aromatic heterocycles. The van der Waals surface area contributed by atoms with Gasteiger partial charge in [-0.1, -0.05) is 44.2 Å². The van der Waals surface area contributed by atoms with Gasteiger partial charge in [0.25, 0.3) is 0 Å². The maximum atomic E-state index is 12.3. The molecule has 0 bridgehead atoms. The Morgan fingerprint density at radius 2 is 1.91 bits per heavy atom. The van der Waals surface area contributed by atoms with Crippen molar-refractivity contribution in [2.75, 3.05) is 6.54 Å². The first-order valence-electron chi connectivity index (χ1n) is 7.64. The normalized spacial score (nSPS) is 12.0. The van der Waals surface area contributed by atoms with Gasteiger partial charge in [0.05, 0.1) is 6.04 Å². The van der Waals surface area contributed by atoms with Gasteiger partial charge in [-0.05, 0) is 18.4 Å². The highest BCUT2D eigenvalue weighted by Gasteiger charge is 2.18. The van der Waals surface area contributed by atoms with Gasteiger partial charge >= 0.3 is 0 Å². The standard InChI is InChI=1S/C16H27N5O/c1-12(2)21-14(9-6-10-19-16(17)18)15(22)20-11-13-7-4-3-5-8-13/h3-5,7-8,12,14,21H,6,9-11H2,1-2H3,(H,20,22)(H4,17,18,19)/t14-/m1/s1. The smallest absolute Gasteiger partial charge is 0.237 e. The quantitative estimate of drug-likeness (QED) is 0.266. The molecule has 0 aliphatic heterocycles. The Morgan fingerprint density at radius 3 is 2.50 bits per heavy atom. The molecule has 1 atom stereocenters. The Kier molecular flexibility index (Phi) is 7.99. The van der Waals surface area contributed by atoms with Gasteiger partial charge in [0.1, 0.15) is 0 Å². The minimum atomic E-state index is -0.238. The molecule has 0 saturated heterocycles. The molecule has 0 saturated carbocycles. The van der Waals surface area contributed by atoms with Gasteiger partial charge in [0.2, 0.25) is 5.91 Å². The summed E-state index contributed by atoms with van der Waals surface area (Å²) >= 11 is 0. The molecule has 0 radical (unpaired) electrons. The van der Waals surface area contributed by atoms with Crippen molar-refractivity contribution in [3.8, 4) is 0 Å². The molecule has 1 aromatic rings. The van der Waals surface area contributed by atoms with E-state index < -0.39 is 0 Å². The SMILES string of the molecule is CC(C)N[C@H](CCCNC(=N)N)C(=O)NCc1ccccc1. The highest BCUT2D eigenvalue weighted by atomic mass is 16.2. The Labute approximate surface area is 132 Å². The second kappa shape index (κ2) is 9.78. The van der Waals surface area contributed by atoms with Crippen molar-refractivity contribution in [2.45, 2.75) is 45.3 Å². The average molecular weight is 305 g/mol. The van der Waals surface area contributed by atoms with Gasteiger partial charge in [-0.25, -0.2) is 0 Å². The first-order chi connectivity index (χ1) is 10.5. The van der Waals surface area contributed by atoms with E-state index in [0.29, 0.717) is 19.5 Å². The van der Waals surface area contributed by atoms with E-state index in [4.69, 9.17) is 11.1 Å². The van der Waals surface area contributed by atoms with Crippen LogP contribution in [0.2, 0.25) is 0 Å². The highest BCUT2D eigenvalue weighted by Crippen LogP contribution is 2.02. The van der Waals surface area contributed by atoms with Crippen LogP contribution < -0.4 is 21.7 Å². The summed E-state index contributed by atoms with van der Waals surface area (Å²) in [5.41, 5.74) is 6.32. The number of carbonyl (C=O) groups excluding carboxylic acids is 1. The first-order valence-corrected chi connectivity index (χ1v) is 7.64. The number of hydrogen-bond donors (Lipinski definition) is 5. The van der Waals surface area contributed by atoms with Crippen LogP contribution in [0.1, 0.15) is 32.3 Å². The molecule has 1 aromatic carbocycles. The van der Waals surface area contributed by atoms with Crippen molar-refractivity contribution in [2.24, 2.45) is 5.73 Å². The van der Waals surface area contributed by atoms with E-state index in [-0.39, 0.29) is 24.0 Å². The number of hydrogen-bond acceptors (Lipinski definition) is 3. The molecule has 6 nitrogen and oxygen atoms in total. The van der Waals surface area contributed by atoms with E-state index in [1.165, 1.54) is 0 Å². The second-order valence-electron chi connectivity index (χ2n) is 5.56.